The predicted octanol–water partition coefficient (Wildman–Crippen LogP) is 0.456. The van der Waals surface area contributed by atoms with Gasteiger partial charge in [-0.25, -0.2) is 12.8 Å². The van der Waals surface area contributed by atoms with E-state index < -0.39 is 31.3 Å². The highest BCUT2D eigenvalue weighted by atomic mass is 32.2. The molecule has 1 aliphatic heterocycles. The monoisotopic (exact) mass is 289 g/mol. The number of rotatable bonds is 3. The van der Waals surface area contributed by atoms with Crippen LogP contribution in [0.1, 0.15) is 6.42 Å². The molecule has 2 rings (SSSR count). The minimum Gasteiger partial charge on any atom is -0.326 e. The van der Waals surface area contributed by atoms with E-state index in [4.69, 9.17) is 5.73 Å². The van der Waals surface area contributed by atoms with Crippen LogP contribution in [0, 0.1) is 15.9 Å². The highest BCUT2D eigenvalue weighted by molar-refractivity contribution is 7.89. The second-order valence-corrected chi connectivity index (χ2v) is 6.19. The fourth-order valence-corrected chi connectivity index (χ4v) is 3.61. The molecule has 0 saturated carbocycles. The molecule has 0 unspecified atom stereocenters. The molecule has 0 aliphatic carbocycles. The first-order valence-corrected chi connectivity index (χ1v) is 6.96. The lowest BCUT2D eigenvalue weighted by Crippen LogP contribution is -2.32. The topological polar surface area (TPSA) is 107 Å². The largest absolute Gasteiger partial charge is 0.326 e. The molecule has 7 nitrogen and oxygen atoms in total. The van der Waals surface area contributed by atoms with Crippen LogP contribution in [0.3, 0.4) is 0 Å². The van der Waals surface area contributed by atoms with Crippen LogP contribution in [0.4, 0.5) is 10.1 Å². The fourth-order valence-electron chi connectivity index (χ4n) is 1.96. The summed E-state index contributed by atoms with van der Waals surface area (Å²) in [5.41, 5.74) is 4.86. The van der Waals surface area contributed by atoms with Crippen LogP contribution in [-0.2, 0) is 10.0 Å². The summed E-state index contributed by atoms with van der Waals surface area (Å²) in [6, 6.07) is 2.11. The van der Waals surface area contributed by atoms with Gasteiger partial charge in [-0.3, -0.25) is 10.1 Å². The molecule has 104 valence electrons. The van der Waals surface area contributed by atoms with Crippen molar-refractivity contribution >= 4 is 15.7 Å². The number of hydrogen-bond acceptors (Lipinski definition) is 5. The van der Waals surface area contributed by atoms with Gasteiger partial charge in [0.05, 0.1) is 11.0 Å². The molecular formula is C10H12FN3O4S. The van der Waals surface area contributed by atoms with E-state index in [2.05, 4.69) is 0 Å². The van der Waals surface area contributed by atoms with Crippen LogP contribution >= 0.6 is 0 Å². The van der Waals surface area contributed by atoms with Crippen LogP contribution in [0.2, 0.25) is 0 Å². The lowest BCUT2D eigenvalue weighted by molar-refractivity contribution is -0.388. The van der Waals surface area contributed by atoms with Gasteiger partial charge in [0, 0.05) is 19.1 Å². The van der Waals surface area contributed by atoms with E-state index in [0.29, 0.717) is 12.5 Å². The molecule has 0 spiro atoms. The van der Waals surface area contributed by atoms with Gasteiger partial charge in [-0.2, -0.15) is 4.31 Å². The Balaban J connectivity index is 2.49. The number of nitrogens with two attached hydrogens (primary N) is 1. The molecule has 1 atom stereocenters. The molecule has 1 heterocycles. The molecule has 1 aromatic rings. The van der Waals surface area contributed by atoms with E-state index >= 15 is 0 Å². The summed E-state index contributed by atoms with van der Waals surface area (Å²) in [5.74, 6) is -0.858. The van der Waals surface area contributed by atoms with Crippen LogP contribution in [0.5, 0.6) is 0 Å². The van der Waals surface area contributed by atoms with E-state index in [1.165, 1.54) is 0 Å². The summed E-state index contributed by atoms with van der Waals surface area (Å²) >= 11 is 0. The molecule has 0 amide bonds. The van der Waals surface area contributed by atoms with Gasteiger partial charge in [0.25, 0.3) is 5.69 Å². The maximum Gasteiger partial charge on any atom is 0.292 e. The molecule has 0 radical (unpaired) electrons. The Morgan fingerprint density at radius 1 is 1.47 bits per heavy atom. The molecule has 9 heteroatoms. The highest BCUT2D eigenvalue weighted by Gasteiger charge is 2.35. The molecule has 1 fully saturated rings. The normalized spacial score (nSPS) is 20.6. The third kappa shape index (κ3) is 2.57. The van der Waals surface area contributed by atoms with Crippen molar-refractivity contribution in [2.45, 2.75) is 17.4 Å². The Morgan fingerprint density at radius 3 is 2.68 bits per heavy atom. The Morgan fingerprint density at radius 2 is 2.16 bits per heavy atom. The van der Waals surface area contributed by atoms with Gasteiger partial charge >= 0.3 is 0 Å². The lowest BCUT2D eigenvalue weighted by atomic mass is 10.3. The van der Waals surface area contributed by atoms with Gasteiger partial charge in [0.1, 0.15) is 5.82 Å². The second kappa shape index (κ2) is 4.83. The third-order valence-electron chi connectivity index (χ3n) is 2.92. The Labute approximate surface area is 109 Å². The summed E-state index contributed by atoms with van der Waals surface area (Å²) < 4.78 is 38.6. The summed E-state index contributed by atoms with van der Waals surface area (Å²) in [4.78, 5) is 9.41. The van der Waals surface area contributed by atoms with Crippen molar-refractivity contribution in [1.29, 1.82) is 0 Å². The first kappa shape index (κ1) is 13.8. The number of hydrogen-bond donors (Lipinski definition) is 1. The second-order valence-electron chi connectivity index (χ2n) is 4.28. The molecule has 19 heavy (non-hydrogen) atoms. The number of nitro groups is 1. The summed E-state index contributed by atoms with van der Waals surface area (Å²) in [6.45, 7) is 0.314. The van der Waals surface area contributed by atoms with E-state index in [0.717, 1.165) is 16.4 Å². The zero-order chi connectivity index (χ0) is 14.2. The first-order chi connectivity index (χ1) is 8.82. The molecule has 1 saturated heterocycles. The quantitative estimate of drug-likeness (QED) is 0.642. The molecular weight excluding hydrogens is 277 g/mol. The van der Waals surface area contributed by atoms with Gasteiger partial charge < -0.3 is 5.73 Å². The molecule has 1 aliphatic rings. The van der Waals surface area contributed by atoms with E-state index in [9.17, 15) is 22.9 Å². The zero-order valence-electron chi connectivity index (χ0n) is 9.82. The minimum absolute atomic E-state index is 0.108. The highest BCUT2D eigenvalue weighted by Crippen LogP contribution is 2.29. The van der Waals surface area contributed by atoms with Gasteiger partial charge in [-0.05, 0) is 18.6 Å². The Hall–Kier alpha value is -1.58. The van der Waals surface area contributed by atoms with Crippen LogP contribution in [-0.4, -0.2) is 36.8 Å². The van der Waals surface area contributed by atoms with Gasteiger partial charge in [0.2, 0.25) is 10.0 Å². The van der Waals surface area contributed by atoms with Gasteiger partial charge in [-0.1, -0.05) is 0 Å². The van der Waals surface area contributed by atoms with Crippen LogP contribution in [0.25, 0.3) is 0 Å². The standard InChI is InChI=1S/C10H12FN3O4S/c11-7-1-2-10(9(5-7)14(15)16)19(17,18)13-4-3-8(12)6-13/h1-2,5,8H,3-4,6,12H2/t8-/m0/s1. The zero-order valence-corrected chi connectivity index (χ0v) is 10.6. The first-order valence-electron chi connectivity index (χ1n) is 5.52. The van der Waals surface area contributed by atoms with Crippen molar-refractivity contribution in [1.82, 2.24) is 4.31 Å². The fraction of sp³-hybridized carbons (Fsp3) is 0.400. The Kier molecular flexibility index (Phi) is 3.52. The van der Waals surface area contributed by atoms with E-state index in [1.54, 1.807) is 0 Å². The van der Waals surface area contributed by atoms with Crippen molar-refractivity contribution in [3.63, 3.8) is 0 Å². The number of nitrogens with zero attached hydrogens (tertiary/aromatic N) is 2. The summed E-state index contributed by atoms with van der Waals surface area (Å²) in [7, 11) is -4.02. The van der Waals surface area contributed by atoms with Crippen molar-refractivity contribution < 1.29 is 17.7 Å². The van der Waals surface area contributed by atoms with Crippen molar-refractivity contribution in [2.75, 3.05) is 13.1 Å². The molecule has 1 aromatic carbocycles. The number of sulfonamides is 1. The van der Waals surface area contributed by atoms with Gasteiger partial charge in [-0.15, -0.1) is 0 Å². The minimum atomic E-state index is -4.02. The van der Waals surface area contributed by atoms with Crippen molar-refractivity contribution in [3.05, 3.63) is 34.1 Å². The number of benzene rings is 1. The molecule has 2 N–H and O–H groups in total. The maximum atomic E-state index is 13.0. The van der Waals surface area contributed by atoms with Crippen LogP contribution < -0.4 is 5.73 Å². The third-order valence-corrected chi connectivity index (χ3v) is 4.84. The van der Waals surface area contributed by atoms with Crippen LogP contribution in [0.15, 0.2) is 23.1 Å². The molecule has 0 bridgehead atoms. The maximum absolute atomic E-state index is 13.0. The SMILES string of the molecule is N[C@H]1CCN(S(=O)(=O)c2ccc(F)cc2[N+](=O)[O-])C1. The number of halogens is 1. The molecule has 0 aromatic heterocycles. The summed E-state index contributed by atoms with van der Waals surface area (Å²) in [5, 5.41) is 10.8. The average Bonchev–Trinajstić information content (AvgIpc) is 2.76. The van der Waals surface area contributed by atoms with E-state index in [-0.39, 0.29) is 19.1 Å². The summed E-state index contributed by atoms with van der Waals surface area (Å²) in [6.07, 6.45) is 0.494. The average molecular weight is 289 g/mol. The van der Waals surface area contributed by atoms with E-state index in [1.807, 2.05) is 0 Å². The lowest BCUT2D eigenvalue weighted by Gasteiger charge is -2.15. The number of nitro benzene ring substituents is 1. The van der Waals surface area contributed by atoms with Gasteiger partial charge in [0.15, 0.2) is 4.90 Å². The smallest absolute Gasteiger partial charge is 0.292 e. The Bertz CT molecular complexity index is 619. The van der Waals surface area contributed by atoms with Crippen molar-refractivity contribution in [2.24, 2.45) is 5.73 Å². The van der Waals surface area contributed by atoms with Crippen molar-refractivity contribution in [3.8, 4) is 0 Å². The predicted molar refractivity (Wildman–Crippen MR) is 64.4 cm³/mol.